The summed E-state index contributed by atoms with van der Waals surface area (Å²) in [6.07, 6.45) is 3.15. The number of hydrogen-bond donors (Lipinski definition) is 0. The van der Waals surface area contributed by atoms with Gasteiger partial charge < -0.3 is 9.47 Å². The van der Waals surface area contributed by atoms with Crippen molar-refractivity contribution in [2.75, 3.05) is 18.2 Å². The second-order valence-electron chi connectivity index (χ2n) is 6.89. The number of unbranched alkanes of at least 4 members (excludes halogenated alkanes) is 2. The fourth-order valence-electron chi connectivity index (χ4n) is 3.42. The van der Waals surface area contributed by atoms with Crippen molar-refractivity contribution in [3.8, 4) is 5.75 Å². The van der Waals surface area contributed by atoms with Crippen LogP contribution >= 0.6 is 11.6 Å². The van der Waals surface area contributed by atoms with Gasteiger partial charge in [0, 0.05) is 16.8 Å². The quantitative estimate of drug-likeness (QED) is 0.483. The molecule has 2 aromatic rings. The number of anilines is 2. The molecule has 6 heteroatoms. The van der Waals surface area contributed by atoms with Crippen LogP contribution in [-0.2, 0) is 4.74 Å². The van der Waals surface area contributed by atoms with Gasteiger partial charge in [0.15, 0.2) is 12.5 Å². The molecular formula is C21H25ClN2O3. The minimum Gasteiger partial charge on any atom is -0.492 e. The third-order valence-electron chi connectivity index (χ3n) is 4.61. The molecule has 1 aromatic carbocycles. The van der Waals surface area contributed by atoms with Gasteiger partial charge in [-0.25, -0.2) is 9.78 Å². The van der Waals surface area contributed by atoms with E-state index in [-0.39, 0.29) is 6.73 Å². The average molecular weight is 389 g/mol. The van der Waals surface area contributed by atoms with E-state index in [1.54, 1.807) is 6.07 Å². The number of rotatable bonds is 6. The topological polar surface area (TPSA) is 51.7 Å². The standard InChI is InChI=1S/C21H25ClN2O3/c1-5-6-7-8-26-17-11-15(4)23-20-18(17)21(25)27-12-24(20)19-13(2)9-16(22)10-14(19)3/h9-11H,5-8,12H2,1-4H3. The lowest BCUT2D eigenvalue weighted by Crippen LogP contribution is -2.33. The minimum atomic E-state index is -0.400. The normalized spacial score (nSPS) is 13.4. The summed E-state index contributed by atoms with van der Waals surface area (Å²) in [6, 6.07) is 5.60. The number of carbonyl (C=O) groups excluding carboxylic acids is 1. The Hall–Kier alpha value is -2.27. The van der Waals surface area contributed by atoms with Crippen molar-refractivity contribution < 1.29 is 14.3 Å². The Balaban J connectivity index is 2.05. The van der Waals surface area contributed by atoms with Gasteiger partial charge in [0.1, 0.15) is 11.3 Å². The second-order valence-corrected chi connectivity index (χ2v) is 7.33. The largest absolute Gasteiger partial charge is 0.492 e. The molecule has 0 atom stereocenters. The number of benzene rings is 1. The lowest BCUT2D eigenvalue weighted by Gasteiger charge is -2.32. The SMILES string of the molecule is CCCCCOc1cc(C)nc2c1C(=O)OCN2c1c(C)cc(Cl)cc1C. The number of ether oxygens (including phenoxy) is 2. The van der Waals surface area contributed by atoms with E-state index in [4.69, 9.17) is 21.1 Å². The molecule has 0 radical (unpaired) electrons. The van der Waals surface area contributed by atoms with Crippen LogP contribution in [0.15, 0.2) is 18.2 Å². The van der Waals surface area contributed by atoms with Gasteiger partial charge in [-0.05, 0) is 50.5 Å². The Morgan fingerprint density at radius 2 is 1.89 bits per heavy atom. The minimum absolute atomic E-state index is 0.112. The highest BCUT2D eigenvalue weighted by Gasteiger charge is 2.32. The van der Waals surface area contributed by atoms with Crippen LogP contribution in [0.25, 0.3) is 0 Å². The second kappa shape index (κ2) is 8.17. The lowest BCUT2D eigenvalue weighted by atomic mass is 10.1. The van der Waals surface area contributed by atoms with Crippen molar-refractivity contribution in [2.24, 2.45) is 0 Å². The monoisotopic (exact) mass is 388 g/mol. The molecule has 0 saturated carbocycles. The number of cyclic esters (lactones) is 1. The molecule has 0 N–H and O–H groups in total. The molecule has 0 fully saturated rings. The molecule has 0 saturated heterocycles. The molecule has 27 heavy (non-hydrogen) atoms. The number of nitrogens with zero attached hydrogens (tertiary/aromatic N) is 2. The molecule has 144 valence electrons. The van der Waals surface area contributed by atoms with Crippen LogP contribution < -0.4 is 9.64 Å². The molecule has 1 aliphatic heterocycles. The van der Waals surface area contributed by atoms with E-state index in [1.807, 2.05) is 37.8 Å². The van der Waals surface area contributed by atoms with Gasteiger partial charge in [-0.15, -0.1) is 0 Å². The molecule has 3 rings (SSSR count). The maximum Gasteiger partial charge on any atom is 0.347 e. The molecule has 5 nitrogen and oxygen atoms in total. The van der Waals surface area contributed by atoms with Gasteiger partial charge >= 0.3 is 5.97 Å². The van der Waals surface area contributed by atoms with Crippen LogP contribution in [0.4, 0.5) is 11.5 Å². The summed E-state index contributed by atoms with van der Waals surface area (Å²) in [4.78, 5) is 19.1. The van der Waals surface area contributed by atoms with Gasteiger partial charge in [-0.3, -0.25) is 4.90 Å². The summed E-state index contributed by atoms with van der Waals surface area (Å²) in [5.41, 5.74) is 4.12. The molecule has 0 amide bonds. The summed E-state index contributed by atoms with van der Waals surface area (Å²) in [7, 11) is 0. The fraction of sp³-hybridized carbons (Fsp3) is 0.429. The molecule has 1 aromatic heterocycles. The van der Waals surface area contributed by atoms with Crippen molar-refractivity contribution in [1.82, 2.24) is 4.98 Å². The van der Waals surface area contributed by atoms with Gasteiger partial charge in [0.05, 0.1) is 12.3 Å². The molecule has 0 unspecified atom stereocenters. The molecule has 0 aliphatic carbocycles. The van der Waals surface area contributed by atoms with Crippen molar-refractivity contribution >= 4 is 29.1 Å². The first-order valence-corrected chi connectivity index (χ1v) is 9.66. The fourth-order valence-corrected chi connectivity index (χ4v) is 3.75. The number of aromatic nitrogens is 1. The lowest BCUT2D eigenvalue weighted by molar-refractivity contribution is 0.0486. The van der Waals surface area contributed by atoms with E-state index in [9.17, 15) is 4.79 Å². The Labute approximate surface area is 165 Å². The number of aryl methyl sites for hydroxylation is 3. The first-order valence-electron chi connectivity index (χ1n) is 9.28. The van der Waals surface area contributed by atoms with Gasteiger partial charge in [0.2, 0.25) is 0 Å². The third-order valence-corrected chi connectivity index (χ3v) is 4.83. The predicted molar refractivity (Wildman–Crippen MR) is 107 cm³/mol. The summed E-state index contributed by atoms with van der Waals surface area (Å²) in [5.74, 6) is 0.710. The predicted octanol–water partition coefficient (Wildman–Crippen LogP) is 5.50. The Morgan fingerprint density at radius 1 is 1.19 bits per heavy atom. The smallest absolute Gasteiger partial charge is 0.347 e. The van der Waals surface area contributed by atoms with Crippen LogP contribution in [0.1, 0.15) is 53.4 Å². The zero-order valence-electron chi connectivity index (χ0n) is 16.3. The highest BCUT2D eigenvalue weighted by molar-refractivity contribution is 6.30. The molecular weight excluding hydrogens is 364 g/mol. The zero-order chi connectivity index (χ0) is 19.6. The van der Waals surface area contributed by atoms with Crippen LogP contribution in [-0.4, -0.2) is 24.3 Å². The maximum absolute atomic E-state index is 12.5. The summed E-state index contributed by atoms with van der Waals surface area (Å²) < 4.78 is 11.4. The molecule has 0 spiro atoms. The van der Waals surface area contributed by atoms with Crippen LogP contribution in [0, 0.1) is 20.8 Å². The highest BCUT2D eigenvalue weighted by Crippen LogP contribution is 2.40. The number of esters is 1. The van der Waals surface area contributed by atoms with Gasteiger partial charge in [-0.2, -0.15) is 0 Å². The number of hydrogen-bond acceptors (Lipinski definition) is 5. The van der Waals surface area contributed by atoms with E-state index in [0.29, 0.717) is 28.8 Å². The van der Waals surface area contributed by atoms with Gasteiger partial charge in [0.25, 0.3) is 0 Å². The van der Waals surface area contributed by atoms with Crippen LogP contribution in [0.2, 0.25) is 5.02 Å². The third kappa shape index (κ3) is 4.03. The number of carbonyl (C=O) groups is 1. The van der Waals surface area contributed by atoms with Gasteiger partial charge in [-0.1, -0.05) is 31.4 Å². The Bertz CT molecular complexity index is 844. The molecule has 1 aliphatic rings. The van der Waals surface area contributed by atoms with E-state index in [2.05, 4.69) is 11.9 Å². The first-order chi connectivity index (χ1) is 12.9. The zero-order valence-corrected chi connectivity index (χ0v) is 17.0. The molecule has 0 bridgehead atoms. The van der Waals surface area contributed by atoms with Crippen molar-refractivity contribution in [3.63, 3.8) is 0 Å². The Morgan fingerprint density at radius 3 is 2.56 bits per heavy atom. The summed E-state index contributed by atoms with van der Waals surface area (Å²) in [6.45, 7) is 8.70. The Kier molecular flexibility index (Phi) is 5.90. The highest BCUT2D eigenvalue weighted by atomic mass is 35.5. The van der Waals surface area contributed by atoms with E-state index in [1.165, 1.54) is 0 Å². The van der Waals surface area contributed by atoms with Crippen LogP contribution in [0.3, 0.4) is 0 Å². The average Bonchev–Trinajstić information content (AvgIpc) is 2.59. The summed E-state index contributed by atoms with van der Waals surface area (Å²) >= 11 is 6.18. The van der Waals surface area contributed by atoms with Crippen molar-refractivity contribution in [3.05, 3.63) is 45.6 Å². The number of fused-ring (bicyclic) bond motifs is 1. The maximum atomic E-state index is 12.5. The van der Waals surface area contributed by atoms with Crippen LogP contribution in [0.5, 0.6) is 5.75 Å². The first kappa shape index (κ1) is 19.5. The van der Waals surface area contributed by atoms with E-state index >= 15 is 0 Å². The number of pyridine rings is 1. The summed E-state index contributed by atoms with van der Waals surface area (Å²) in [5, 5.41) is 0.681. The van der Waals surface area contributed by atoms with Crippen molar-refractivity contribution in [1.29, 1.82) is 0 Å². The van der Waals surface area contributed by atoms with E-state index < -0.39 is 5.97 Å². The molecule has 2 heterocycles. The van der Waals surface area contributed by atoms with Crippen molar-refractivity contribution in [2.45, 2.75) is 47.0 Å². The van der Waals surface area contributed by atoms with E-state index in [0.717, 1.165) is 41.8 Å². The number of halogens is 1.